The van der Waals surface area contributed by atoms with Crippen LogP contribution in [0.5, 0.6) is 0 Å². The van der Waals surface area contributed by atoms with Gasteiger partial charge in [-0.3, -0.25) is 14.4 Å². The topological polar surface area (TPSA) is 122 Å². The SMILES string of the molecule is CC(=O)O[C@H]1[C@H](OC(C)=O)[C@@H](S(=O)(=O)c2ccccc2)OC[C@@H]1OC(C)=O. The van der Waals surface area contributed by atoms with Crippen molar-refractivity contribution >= 4 is 27.7 Å². The number of rotatable bonds is 5. The van der Waals surface area contributed by atoms with Crippen molar-refractivity contribution < 1.29 is 41.7 Å². The van der Waals surface area contributed by atoms with E-state index in [1.54, 1.807) is 6.07 Å². The zero-order valence-electron chi connectivity index (χ0n) is 15.0. The average Bonchev–Trinajstić information content (AvgIpc) is 2.57. The maximum atomic E-state index is 13.0. The van der Waals surface area contributed by atoms with Gasteiger partial charge in [-0.2, -0.15) is 0 Å². The monoisotopic (exact) mass is 400 g/mol. The number of benzene rings is 1. The van der Waals surface area contributed by atoms with E-state index in [1.807, 2.05) is 0 Å². The summed E-state index contributed by atoms with van der Waals surface area (Å²) >= 11 is 0. The third-order valence-electron chi connectivity index (χ3n) is 3.68. The Morgan fingerprint density at radius 2 is 1.41 bits per heavy atom. The first-order valence-electron chi connectivity index (χ1n) is 8.05. The van der Waals surface area contributed by atoms with Gasteiger partial charge in [0.25, 0.3) is 0 Å². The van der Waals surface area contributed by atoms with E-state index in [0.717, 1.165) is 20.8 Å². The number of carbonyl (C=O) groups is 3. The molecule has 1 saturated heterocycles. The molecule has 0 saturated carbocycles. The molecule has 0 radical (unpaired) electrons. The Morgan fingerprint density at radius 3 is 1.93 bits per heavy atom. The van der Waals surface area contributed by atoms with Crippen LogP contribution in [0.3, 0.4) is 0 Å². The first kappa shape index (κ1) is 20.8. The predicted molar refractivity (Wildman–Crippen MR) is 90.0 cm³/mol. The van der Waals surface area contributed by atoms with Gasteiger partial charge in [-0.1, -0.05) is 18.2 Å². The van der Waals surface area contributed by atoms with Gasteiger partial charge in [-0.15, -0.1) is 0 Å². The van der Waals surface area contributed by atoms with E-state index >= 15 is 0 Å². The van der Waals surface area contributed by atoms with Gasteiger partial charge in [0, 0.05) is 20.8 Å². The van der Waals surface area contributed by atoms with Gasteiger partial charge in [0.2, 0.25) is 15.3 Å². The summed E-state index contributed by atoms with van der Waals surface area (Å²) < 4.78 is 46.7. The summed E-state index contributed by atoms with van der Waals surface area (Å²) in [6, 6.07) is 7.43. The van der Waals surface area contributed by atoms with E-state index in [4.69, 9.17) is 18.9 Å². The molecule has 1 aliphatic rings. The molecule has 9 nitrogen and oxygen atoms in total. The minimum Gasteiger partial charge on any atom is -0.456 e. The molecule has 0 bridgehead atoms. The average molecular weight is 400 g/mol. The molecule has 27 heavy (non-hydrogen) atoms. The van der Waals surface area contributed by atoms with E-state index < -0.39 is 51.5 Å². The molecular formula is C17H20O9S. The molecular weight excluding hydrogens is 380 g/mol. The maximum absolute atomic E-state index is 13.0. The highest BCUT2D eigenvalue weighted by Crippen LogP contribution is 2.30. The zero-order chi connectivity index (χ0) is 20.2. The van der Waals surface area contributed by atoms with Crippen molar-refractivity contribution in [3.63, 3.8) is 0 Å². The lowest BCUT2D eigenvalue weighted by Crippen LogP contribution is -2.59. The number of sulfone groups is 1. The minimum absolute atomic E-state index is 0.0559. The van der Waals surface area contributed by atoms with E-state index in [1.165, 1.54) is 24.3 Å². The van der Waals surface area contributed by atoms with Crippen molar-refractivity contribution in [2.45, 2.75) is 49.4 Å². The van der Waals surface area contributed by atoms with Crippen LogP contribution < -0.4 is 0 Å². The number of hydrogen-bond acceptors (Lipinski definition) is 9. The molecule has 0 aromatic heterocycles. The van der Waals surface area contributed by atoms with Gasteiger partial charge in [0.1, 0.15) is 0 Å². The summed E-state index contributed by atoms with van der Waals surface area (Å²) in [5, 5.41) is 0. The summed E-state index contributed by atoms with van der Waals surface area (Å²) in [5.74, 6) is -2.25. The standard InChI is InChI=1S/C17H20O9S/c1-10(18)24-14-9-23-17(27(21,22)13-7-5-4-6-8-13)16(26-12(3)20)15(14)25-11(2)19/h4-8,14-17H,9H2,1-3H3/t14-,15+,16-,17+/m0/s1. The smallest absolute Gasteiger partial charge is 0.303 e. The molecule has 0 N–H and O–H groups in total. The Hall–Kier alpha value is -2.46. The van der Waals surface area contributed by atoms with E-state index in [9.17, 15) is 22.8 Å². The van der Waals surface area contributed by atoms with Crippen LogP contribution in [0.2, 0.25) is 0 Å². The van der Waals surface area contributed by atoms with E-state index in [-0.39, 0.29) is 11.5 Å². The summed E-state index contributed by atoms with van der Waals surface area (Å²) in [5.41, 5.74) is -1.64. The van der Waals surface area contributed by atoms with Crippen molar-refractivity contribution in [3.05, 3.63) is 30.3 Å². The zero-order valence-corrected chi connectivity index (χ0v) is 15.8. The van der Waals surface area contributed by atoms with E-state index in [2.05, 4.69) is 0 Å². The van der Waals surface area contributed by atoms with Crippen LogP contribution in [0.25, 0.3) is 0 Å². The summed E-state index contributed by atoms with van der Waals surface area (Å²) in [6.45, 7) is 2.96. The van der Waals surface area contributed by atoms with Crippen LogP contribution in [0, 0.1) is 0 Å². The van der Waals surface area contributed by atoms with Crippen LogP contribution >= 0.6 is 0 Å². The molecule has 148 valence electrons. The molecule has 1 heterocycles. The lowest BCUT2D eigenvalue weighted by molar-refractivity contribution is -0.214. The summed E-state index contributed by atoms with van der Waals surface area (Å²) in [6.07, 6.45) is -3.99. The Labute approximate surface area is 156 Å². The Bertz CT molecular complexity index is 803. The first-order chi connectivity index (χ1) is 12.6. The third kappa shape index (κ3) is 5.04. The number of esters is 3. The molecule has 10 heteroatoms. The molecule has 1 aromatic rings. The van der Waals surface area contributed by atoms with Gasteiger partial charge >= 0.3 is 17.9 Å². The fraction of sp³-hybridized carbons (Fsp3) is 0.471. The van der Waals surface area contributed by atoms with Gasteiger partial charge in [-0.05, 0) is 12.1 Å². The normalized spacial score (nSPS) is 25.3. The molecule has 1 aromatic carbocycles. The Kier molecular flexibility index (Phi) is 6.55. The molecule has 0 spiro atoms. The van der Waals surface area contributed by atoms with Gasteiger partial charge in [0.15, 0.2) is 18.3 Å². The second-order valence-corrected chi connectivity index (χ2v) is 7.88. The van der Waals surface area contributed by atoms with E-state index in [0.29, 0.717) is 0 Å². The molecule has 1 aliphatic heterocycles. The van der Waals surface area contributed by atoms with Gasteiger partial charge in [-0.25, -0.2) is 8.42 Å². The van der Waals surface area contributed by atoms with Gasteiger partial charge in [0.05, 0.1) is 11.5 Å². The molecule has 0 unspecified atom stereocenters. The molecule has 0 amide bonds. The Balaban J connectivity index is 2.46. The molecule has 1 fully saturated rings. The largest absolute Gasteiger partial charge is 0.456 e. The van der Waals surface area contributed by atoms with Crippen molar-refractivity contribution in [2.75, 3.05) is 6.61 Å². The summed E-state index contributed by atoms with van der Waals surface area (Å²) in [4.78, 5) is 34.3. The quantitative estimate of drug-likeness (QED) is 0.517. The molecule has 4 atom stereocenters. The maximum Gasteiger partial charge on any atom is 0.303 e. The second-order valence-electron chi connectivity index (χ2n) is 5.86. The Morgan fingerprint density at radius 1 is 0.889 bits per heavy atom. The highest BCUT2D eigenvalue weighted by Gasteiger charge is 2.52. The van der Waals surface area contributed by atoms with Crippen LogP contribution in [0.4, 0.5) is 0 Å². The van der Waals surface area contributed by atoms with Crippen LogP contribution in [-0.2, 0) is 43.2 Å². The fourth-order valence-corrected chi connectivity index (χ4v) is 4.35. The fourth-order valence-electron chi connectivity index (χ4n) is 2.72. The third-order valence-corrected chi connectivity index (χ3v) is 5.63. The van der Waals surface area contributed by atoms with Crippen molar-refractivity contribution in [1.29, 1.82) is 0 Å². The van der Waals surface area contributed by atoms with Crippen LogP contribution in [0.1, 0.15) is 20.8 Å². The second kappa shape index (κ2) is 8.49. The highest BCUT2D eigenvalue weighted by molar-refractivity contribution is 7.92. The van der Waals surface area contributed by atoms with Crippen molar-refractivity contribution in [3.8, 4) is 0 Å². The molecule has 2 rings (SSSR count). The number of hydrogen-bond donors (Lipinski definition) is 0. The highest BCUT2D eigenvalue weighted by atomic mass is 32.2. The van der Waals surface area contributed by atoms with Crippen molar-refractivity contribution in [1.82, 2.24) is 0 Å². The predicted octanol–water partition coefficient (Wildman–Crippen LogP) is 0.612. The first-order valence-corrected chi connectivity index (χ1v) is 9.59. The number of ether oxygens (including phenoxy) is 4. The van der Waals surface area contributed by atoms with Crippen molar-refractivity contribution in [2.24, 2.45) is 0 Å². The number of carbonyl (C=O) groups excluding carboxylic acids is 3. The van der Waals surface area contributed by atoms with Crippen LogP contribution in [-0.4, -0.2) is 56.7 Å². The lowest BCUT2D eigenvalue weighted by Gasteiger charge is -2.40. The minimum atomic E-state index is -4.11. The lowest BCUT2D eigenvalue weighted by atomic mass is 10.1. The van der Waals surface area contributed by atoms with Crippen LogP contribution in [0.15, 0.2) is 35.2 Å². The summed E-state index contributed by atoms with van der Waals surface area (Å²) in [7, 11) is -4.11. The van der Waals surface area contributed by atoms with Gasteiger partial charge < -0.3 is 18.9 Å². The molecule has 0 aliphatic carbocycles.